The number of carbonyl (C=O) groups is 3. The second kappa shape index (κ2) is 9.78. The van der Waals surface area contributed by atoms with Gasteiger partial charge in [-0.3, -0.25) is 9.59 Å². The first-order valence-corrected chi connectivity index (χ1v) is 9.65. The van der Waals surface area contributed by atoms with Crippen LogP contribution in [0.4, 0.5) is 0 Å². The monoisotopic (exact) mass is 412 g/mol. The summed E-state index contributed by atoms with van der Waals surface area (Å²) in [5, 5.41) is 9.08. The van der Waals surface area contributed by atoms with Crippen molar-refractivity contribution < 1.29 is 29.0 Å². The normalized spacial score (nSPS) is 13.6. The number of benzene rings is 2. The second-order valence-corrected chi connectivity index (χ2v) is 6.84. The van der Waals surface area contributed by atoms with E-state index in [1.807, 2.05) is 12.1 Å². The molecule has 2 aromatic rings. The minimum atomic E-state index is -1.07. The summed E-state index contributed by atoms with van der Waals surface area (Å²) in [5.74, 6) is -0.00433. The van der Waals surface area contributed by atoms with E-state index in [0.29, 0.717) is 43.2 Å². The summed E-state index contributed by atoms with van der Waals surface area (Å²) in [6.45, 7) is 1.93. The van der Waals surface area contributed by atoms with Gasteiger partial charge in [-0.05, 0) is 30.3 Å². The Morgan fingerprint density at radius 2 is 1.53 bits per heavy atom. The highest BCUT2D eigenvalue weighted by atomic mass is 16.5. The van der Waals surface area contributed by atoms with E-state index >= 15 is 0 Å². The van der Waals surface area contributed by atoms with Crippen LogP contribution >= 0.6 is 0 Å². The molecule has 1 heterocycles. The van der Waals surface area contributed by atoms with Gasteiger partial charge >= 0.3 is 5.97 Å². The Morgan fingerprint density at radius 1 is 0.900 bits per heavy atom. The Bertz CT molecular complexity index is 921. The molecule has 1 N–H and O–H groups in total. The van der Waals surface area contributed by atoms with E-state index in [2.05, 4.69) is 0 Å². The van der Waals surface area contributed by atoms with Crippen molar-refractivity contribution in [3.8, 4) is 11.5 Å². The third kappa shape index (κ3) is 5.28. The highest BCUT2D eigenvalue weighted by molar-refractivity contribution is 5.97. The van der Waals surface area contributed by atoms with Crippen LogP contribution in [0.25, 0.3) is 0 Å². The van der Waals surface area contributed by atoms with Crippen LogP contribution in [0, 0.1) is 0 Å². The molecule has 0 aliphatic carbocycles. The van der Waals surface area contributed by atoms with Gasteiger partial charge in [-0.2, -0.15) is 0 Å². The molecule has 1 saturated heterocycles. The van der Waals surface area contributed by atoms with Crippen LogP contribution in [-0.4, -0.2) is 72.6 Å². The summed E-state index contributed by atoms with van der Waals surface area (Å²) < 4.78 is 10.8. The molecule has 0 bridgehead atoms. The van der Waals surface area contributed by atoms with Crippen LogP contribution in [0.15, 0.2) is 48.5 Å². The topological polar surface area (TPSA) is 96.4 Å². The summed E-state index contributed by atoms with van der Waals surface area (Å²) in [6.07, 6.45) is 0.242. The van der Waals surface area contributed by atoms with Gasteiger partial charge in [-0.1, -0.05) is 12.1 Å². The molecule has 0 atom stereocenters. The number of aromatic carboxylic acids is 1. The number of ether oxygens (including phenoxy) is 2. The summed E-state index contributed by atoms with van der Waals surface area (Å²) in [5.41, 5.74) is 0.409. The first-order chi connectivity index (χ1) is 14.5. The van der Waals surface area contributed by atoms with Gasteiger partial charge in [0.05, 0.1) is 25.7 Å². The van der Waals surface area contributed by atoms with Crippen LogP contribution in [0.2, 0.25) is 0 Å². The first kappa shape index (κ1) is 21.2. The first-order valence-electron chi connectivity index (χ1n) is 9.65. The number of rotatable bonds is 7. The third-order valence-electron chi connectivity index (χ3n) is 4.90. The quantitative estimate of drug-likeness (QED) is 0.749. The minimum absolute atomic E-state index is 0.0298. The second-order valence-electron chi connectivity index (χ2n) is 6.84. The lowest BCUT2D eigenvalue weighted by atomic mass is 10.1. The molecule has 30 heavy (non-hydrogen) atoms. The number of hydrogen-bond donors (Lipinski definition) is 1. The Kier molecular flexibility index (Phi) is 6.90. The Morgan fingerprint density at radius 3 is 2.23 bits per heavy atom. The van der Waals surface area contributed by atoms with Gasteiger partial charge in [0, 0.05) is 37.8 Å². The fourth-order valence-corrected chi connectivity index (χ4v) is 3.23. The SMILES string of the molecule is COc1cccc(OCCC(=O)N2CCN(C(=O)c3cccc(C(=O)O)c3)CC2)c1. The van der Waals surface area contributed by atoms with E-state index < -0.39 is 5.97 Å². The number of methoxy groups -OCH3 is 1. The average molecular weight is 412 g/mol. The molecule has 1 aliphatic rings. The summed E-state index contributed by atoms with van der Waals surface area (Å²) in [6, 6.07) is 13.2. The molecule has 0 spiro atoms. The summed E-state index contributed by atoms with van der Waals surface area (Å²) in [4.78, 5) is 39.5. The standard InChI is InChI=1S/C22H24N2O6/c1-29-18-6-3-7-19(15-18)30-13-8-20(25)23-9-11-24(12-10-23)21(26)16-4-2-5-17(14-16)22(27)28/h2-7,14-15H,8-13H2,1H3,(H,27,28). The molecule has 0 radical (unpaired) electrons. The van der Waals surface area contributed by atoms with E-state index in [9.17, 15) is 14.4 Å². The van der Waals surface area contributed by atoms with Crippen molar-refractivity contribution in [3.05, 3.63) is 59.7 Å². The molecule has 2 amide bonds. The number of carbonyl (C=O) groups excluding carboxylic acids is 2. The van der Waals surface area contributed by atoms with Gasteiger partial charge in [0.1, 0.15) is 11.5 Å². The largest absolute Gasteiger partial charge is 0.497 e. The molecule has 0 unspecified atom stereocenters. The molecule has 3 rings (SSSR count). The van der Waals surface area contributed by atoms with Crippen molar-refractivity contribution in [1.82, 2.24) is 9.80 Å². The molecule has 0 saturated carbocycles. The van der Waals surface area contributed by atoms with Crippen molar-refractivity contribution in [2.45, 2.75) is 6.42 Å². The van der Waals surface area contributed by atoms with Crippen molar-refractivity contribution in [3.63, 3.8) is 0 Å². The molecule has 8 nitrogen and oxygen atoms in total. The van der Waals surface area contributed by atoms with Crippen molar-refractivity contribution in [2.24, 2.45) is 0 Å². The van der Waals surface area contributed by atoms with Crippen LogP contribution in [0.3, 0.4) is 0 Å². The predicted octanol–water partition coefficient (Wildman–Crippen LogP) is 2.15. The van der Waals surface area contributed by atoms with E-state index in [0.717, 1.165) is 0 Å². The van der Waals surface area contributed by atoms with Gasteiger partial charge < -0.3 is 24.4 Å². The van der Waals surface area contributed by atoms with Crippen molar-refractivity contribution in [2.75, 3.05) is 39.9 Å². The van der Waals surface area contributed by atoms with Gasteiger partial charge in [-0.15, -0.1) is 0 Å². The van der Waals surface area contributed by atoms with Gasteiger partial charge in [0.2, 0.25) is 5.91 Å². The lowest BCUT2D eigenvalue weighted by Gasteiger charge is -2.35. The molecule has 2 aromatic carbocycles. The van der Waals surface area contributed by atoms with E-state index in [-0.39, 0.29) is 30.4 Å². The lowest BCUT2D eigenvalue weighted by molar-refractivity contribution is -0.133. The maximum Gasteiger partial charge on any atom is 0.335 e. The number of nitrogens with zero attached hydrogens (tertiary/aromatic N) is 2. The molecule has 1 fully saturated rings. The molecule has 1 aliphatic heterocycles. The van der Waals surface area contributed by atoms with Crippen molar-refractivity contribution in [1.29, 1.82) is 0 Å². The molecular formula is C22H24N2O6. The summed E-state index contributed by atoms with van der Waals surface area (Å²) >= 11 is 0. The number of carboxylic acid groups (broad SMARTS) is 1. The molecule has 8 heteroatoms. The fourth-order valence-electron chi connectivity index (χ4n) is 3.23. The van der Waals surface area contributed by atoms with Gasteiger partial charge in [0.15, 0.2) is 0 Å². The van der Waals surface area contributed by atoms with E-state index in [4.69, 9.17) is 14.6 Å². The van der Waals surface area contributed by atoms with Crippen LogP contribution in [0.1, 0.15) is 27.1 Å². The smallest absolute Gasteiger partial charge is 0.335 e. The Hall–Kier alpha value is -3.55. The zero-order valence-corrected chi connectivity index (χ0v) is 16.7. The zero-order valence-electron chi connectivity index (χ0n) is 16.7. The lowest BCUT2D eigenvalue weighted by Crippen LogP contribution is -2.50. The third-order valence-corrected chi connectivity index (χ3v) is 4.90. The minimum Gasteiger partial charge on any atom is -0.497 e. The predicted molar refractivity (Wildman–Crippen MR) is 109 cm³/mol. The van der Waals surface area contributed by atoms with Crippen LogP contribution < -0.4 is 9.47 Å². The number of hydrogen-bond acceptors (Lipinski definition) is 5. The molecular weight excluding hydrogens is 388 g/mol. The van der Waals surface area contributed by atoms with Gasteiger partial charge in [0.25, 0.3) is 5.91 Å². The van der Waals surface area contributed by atoms with Gasteiger partial charge in [-0.25, -0.2) is 4.79 Å². The Balaban J connectivity index is 1.46. The number of amides is 2. The zero-order chi connectivity index (χ0) is 21.5. The average Bonchev–Trinajstić information content (AvgIpc) is 2.78. The molecule has 0 aromatic heterocycles. The number of piperazine rings is 1. The highest BCUT2D eigenvalue weighted by Gasteiger charge is 2.25. The fraction of sp³-hybridized carbons (Fsp3) is 0.318. The van der Waals surface area contributed by atoms with E-state index in [1.165, 1.54) is 12.1 Å². The highest BCUT2D eigenvalue weighted by Crippen LogP contribution is 2.19. The summed E-state index contributed by atoms with van der Waals surface area (Å²) in [7, 11) is 1.58. The maximum atomic E-state index is 12.6. The maximum absolute atomic E-state index is 12.6. The van der Waals surface area contributed by atoms with E-state index in [1.54, 1.807) is 41.2 Å². The van der Waals surface area contributed by atoms with Crippen LogP contribution in [-0.2, 0) is 4.79 Å². The Labute approximate surface area is 174 Å². The van der Waals surface area contributed by atoms with Crippen molar-refractivity contribution >= 4 is 17.8 Å². The van der Waals surface area contributed by atoms with Crippen LogP contribution in [0.5, 0.6) is 11.5 Å². The number of carboxylic acids is 1. The molecule has 158 valence electrons.